The summed E-state index contributed by atoms with van der Waals surface area (Å²) in [5.74, 6) is -0.512. The van der Waals surface area contributed by atoms with Gasteiger partial charge in [-0.3, -0.25) is 19.8 Å². The fraction of sp³-hybridized carbons (Fsp3) is 0.538. The molecule has 2 heterocycles. The van der Waals surface area contributed by atoms with Crippen LogP contribution in [0.15, 0.2) is 18.3 Å². The molecule has 2 amide bonds. The highest BCUT2D eigenvalue weighted by Gasteiger charge is 2.25. The number of hydrogen-bond donors (Lipinski definition) is 3. The SMILES string of the molecule is CC1CCN(CC(=O)NC(=O)c2ccc[nH]2)CC1O. The van der Waals surface area contributed by atoms with E-state index >= 15 is 0 Å². The molecule has 1 aliphatic rings. The van der Waals surface area contributed by atoms with Crippen LogP contribution in [0.4, 0.5) is 0 Å². The Kier molecular flexibility index (Phi) is 4.34. The monoisotopic (exact) mass is 265 g/mol. The second kappa shape index (κ2) is 5.99. The van der Waals surface area contributed by atoms with Crippen molar-refractivity contribution in [3.8, 4) is 0 Å². The number of carbonyl (C=O) groups is 2. The van der Waals surface area contributed by atoms with Crippen molar-refractivity contribution < 1.29 is 14.7 Å². The summed E-state index contributed by atoms with van der Waals surface area (Å²) < 4.78 is 0. The molecule has 6 nitrogen and oxygen atoms in total. The molecule has 1 aliphatic heterocycles. The van der Waals surface area contributed by atoms with Crippen LogP contribution in [0.25, 0.3) is 0 Å². The summed E-state index contributed by atoms with van der Waals surface area (Å²) in [6, 6.07) is 3.30. The highest BCUT2D eigenvalue weighted by Crippen LogP contribution is 2.16. The zero-order valence-electron chi connectivity index (χ0n) is 10.9. The summed E-state index contributed by atoms with van der Waals surface area (Å²) in [7, 11) is 0. The van der Waals surface area contributed by atoms with E-state index in [1.807, 2.05) is 11.8 Å². The normalized spacial score (nSPS) is 24.1. The number of carbonyl (C=O) groups excluding carboxylic acids is 2. The van der Waals surface area contributed by atoms with Crippen molar-refractivity contribution >= 4 is 11.8 Å². The lowest BCUT2D eigenvalue weighted by molar-refractivity contribution is -0.122. The molecule has 2 atom stereocenters. The van der Waals surface area contributed by atoms with E-state index in [9.17, 15) is 14.7 Å². The number of piperidine rings is 1. The molecule has 0 aliphatic carbocycles. The Balaban J connectivity index is 1.80. The largest absolute Gasteiger partial charge is 0.392 e. The second-order valence-corrected chi connectivity index (χ2v) is 5.03. The van der Waals surface area contributed by atoms with Gasteiger partial charge in [0.15, 0.2) is 0 Å². The van der Waals surface area contributed by atoms with Gasteiger partial charge in [0.25, 0.3) is 5.91 Å². The minimum absolute atomic E-state index is 0.135. The fourth-order valence-electron chi connectivity index (χ4n) is 2.17. The van der Waals surface area contributed by atoms with E-state index in [0.29, 0.717) is 12.2 Å². The average molecular weight is 265 g/mol. The molecule has 2 rings (SSSR count). The van der Waals surface area contributed by atoms with Crippen molar-refractivity contribution in [2.24, 2.45) is 5.92 Å². The van der Waals surface area contributed by atoms with E-state index in [1.54, 1.807) is 18.3 Å². The average Bonchev–Trinajstić information content (AvgIpc) is 2.87. The number of aromatic nitrogens is 1. The Hall–Kier alpha value is -1.66. The Morgan fingerprint density at radius 1 is 1.58 bits per heavy atom. The molecule has 6 heteroatoms. The number of β-amino-alcohol motifs (C(OH)–C–C–N with tert-alkyl or cyclic N) is 1. The topological polar surface area (TPSA) is 85.4 Å². The molecule has 0 saturated carbocycles. The van der Waals surface area contributed by atoms with Crippen LogP contribution in [0.2, 0.25) is 0 Å². The lowest BCUT2D eigenvalue weighted by Gasteiger charge is -2.33. The van der Waals surface area contributed by atoms with E-state index < -0.39 is 12.0 Å². The van der Waals surface area contributed by atoms with Crippen molar-refractivity contribution in [2.75, 3.05) is 19.6 Å². The first kappa shape index (κ1) is 13.8. The summed E-state index contributed by atoms with van der Waals surface area (Å²) in [5, 5.41) is 12.1. The third-order valence-electron chi connectivity index (χ3n) is 3.47. The molecule has 19 heavy (non-hydrogen) atoms. The number of imide groups is 1. The quantitative estimate of drug-likeness (QED) is 0.716. The smallest absolute Gasteiger partial charge is 0.274 e. The third-order valence-corrected chi connectivity index (χ3v) is 3.47. The van der Waals surface area contributed by atoms with E-state index in [1.165, 1.54) is 0 Å². The predicted octanol–water partition coefficient (Wildman–Crippen LogP) is -0.0262. The van der Waals surface area contributed by atoms with E-state index in [-0.39, 0.29) is 18.4 Å². The summed E-state index contributed by atoms with van der Waals surface area (Å²) in [6.07, 6.45) is 2.08. The highest BCUT2D eigenvalue weighted by atomic mass is 16.3. The zero-order valence-corrected chi connectivity index (χ0v) is 10.9. The van der Waals surface area contributed by atoms with E-state index in [2.05, 4.69) is 10.3 Å². The number of aliphatic hydroxyl groups excluding tert-OH is 1. The Morgan fingerprint density at radius 2 is 2.37 bits per heavy atom. The van der Waals surface area contributed by atoms with Gasteiger partial charge in [-0.1, -0.05) is 6.92 Å². The molecule has 1 aromatic rings. The molecule has 0 spiro atoms. The molecule has 3 N–H and O–H groups in total. The van der Waals surface area contributed by atoms with Gasteiger partial charge in [-0.25, -0.2) is 0 Å². The first-order valence-corrected chi connectivity index (χ1v) is 6.44. The Bertz CT molecular complexity index is 444. The molecule has 2 unspecified atom stereocenters. The standard InChI is InChI=1S/C13H19N3O3/c1-9-4-6-16(7-11(9)17)8-12(18)15-13(19)10-3-2-5-14-10/h2-3,5,9,11,14,17H,4,6-8H2,1H3,(H,15,18,19). The number of nitrogens with zero attached hydrogens (tertiary/aromatic N) is 1. The van der Waals surface area contributed by atoms with Crippen molar-refractivity contribution in [1.29, 1.82) is 0 Å². The van der Waals surface area contributed by atoms with Gasteiger partial charge >= 0.3 is 0 Å². The molecule has 104 valence electrons. The summed E-state index contributed by atoms with van der Waals surface area (Å²) in [4.78, 5) is 28.0. The number of amides is 2. The third kappa shape index (κ3) is 3.65. The van der Waals surface area contributed by atoms with Crippen LogP contribution >= 0.6 is 0 Å². The molecule has 1 saturated heterocycles. The summed E-state index contributed by atoms with van der Waals surface area (Å²) in [6.45, 7) is 3.38. The van der Waals surface area contributed by atoms with Crippen molar-refractivity contribution in [2.45, 2.75) is 19.4 Å². The lowest BCUT2D eigenvalue weighted by Crippen LogP contribution is -2.47. The first-order chi connectivity index (χ1) is 9.06. The number of H-pyrrole nitrogens is 1. The van der Waals surface area contributed by atoms with E-state index in [4.69, 9.17) is 0 Å². The molecule has 0 radical (unpaired) electrons. The second-order valence-electron chi connectivity index (χ2n) is 5.03. The van der Waals surface area contributed by atoms with Crippen LogP contribution in [0, 0.1) is 5.92 Å². The summed E-state index contributed by atoms with van der Waals surface area (Å²) in [5.41, 5.74) is 0.362. The van der Waals surface area contributed by atoms with Gasteiger partial charge in [-0.15, -0.1) is 0 Å². The zero-order chi connectivity index (χ0) is 13.8. The minimum atomic E-state index is -0.430. The Morgan fingerprint density at radius 3 is 3.00 bits per heavy atom. The molecule has 0 aromatic carbocycles. The van der Waals surface area contributed by atoms with Crippen LogP contribution in [0.1, 0.15) is 23.8 Å². The molecular formula is C13H19N3O3. The predicted molar refractivity (Wildman–Crippen MR) is 69.5 cm³/mol. The van der Waals surface area contributed by atoms with Gasteiger partial charge in [-0.2, -0.15) is 0 Å². The van der Waals surface area contributed by atoms with Gasteiger partial charge < -0.3 is 10.1 Å². The maximum Gasteiger partial charge on any atom is 0.274 e. The van der Waals surface area contributed by atoms with Crippen LogP contribution in [0.3, 0.4) is 0 Å². The van der Waals surface area contributed by atoms with Gasteiger partial charge in [0.05, 0.1) is 12.6 Å². The Labute approximate surface area is 111 Å². The fourth-order valence-corrected chi connectivity index (χ4v) is 2.17. The molecule has 1 aromatic heterocycles. The number of aromatic amines is 1. The highest BCUT2D eigenvalue weighted by molar-refractivity contribution is 6.04. The summed E-state index contributed by atoms with van der Waals surface area (Å²) >= 11 is 0. The minimum Gasteiger partial charge on any atom is -0.392 e. The van der Waals surface area contributed by atoms with Crippen LogP contribution in [-0.2, 0) is 4.79 Å². The van der Waals surface area contributed by atoms with Crippen molar-refractivity contribution in [3.05, 3.63) is 24.0 Å². The molecular weight excluding hydrogens is 246 g/mol. The maximum absolute atomic E-state index is 11.7. The van der Waals surface area contributed by atoms with Crippen LogP contribution in [-0.4, -0.2) is 52.5 Å². The van der Waals surface area contributed by atoms with Gasteiger partial charge in [0.2, 0.25) is 5.91 Å². The number of aliphatic hydroxyl groups is 1. The van der Waals surface area contributed by atoms with Gasteiger partial charge in [0, 0.05) is 12.7 Å². The molecule has 0 bridgehead atoms. The van der Waals surface area contributed by atoms with Gasteiger partial charge in [-0.05, 0) is 31.0 Å². The van der Waals surface area contributed by atoms with Crippen molar-refractivity contribution in [3.63, 3.8) is 0 Å². The van der Waals surface area contributed by atoms with E-state index in [0.717, 1.165) is 13.0 Å². The molecule has 1 fully saturated rings. The lowest BCUT2D eigenvalue weighted by atomic mass is 9.96. The first-order valence-electron chi connectivity index (χ1n) is 6.44. The van der Waals surface area contributed by atoms with Crippen LogP contribution in [0.5, 0.6) is 0 Å². The van der Waals surface area contributed by atoms with Gasteiger partial charge in [0.1, 0.15) is 5.69 Å². The number of rotatable bonds is 3. The maximum atomic E-state index is 11.7. The van der Waals surface area contributed by atoms with Crippen LogP contribution < -0.4 is 5.32 Å². The number of nitrogens with one attached hydrogen (secondary N) is 2. The number of hydrogen-bond acceptors (Lipinski definition) is 4. The van der Waals surface area contributed by atoms with Crippen molar-refractivity contribution in [1.82, 2.24) is 15.2 Å². The number of likely N-dealkylation sites (tertiary alicyclic amines) is 1.